The number of hydrogen-bond donors (Lipinski definition) is 2. The molecule has 72 valence electrons. The Bertz CT molecular complexity index is 135. The SMILES string of the molecule is NC1(CCNCC(F)F)CCC1. The lowest BCUT2D eigenvalue weighted by Gasteiger charge is -2.38. The Kier molecular flexibility index (Phi) is 3.40. The van der Waals surface area contributed by atoms with Crippen LogP contribution in [0.25, 0.3) is 0 Å². The summed E-state index contributed by atoms with van der Waals surface area (Å²) in [5.74, 6) is 0. The van der Waals surface area contributed by atoms with Crippen LogP contribution in [0.15, 0.2) is 0 Å². The van der Waals surface area contributed by atoms with Crippen LogP contribution in [-0.2, 0) is 0 Å². The normalized spacial score (nSPS) is 21.0. The maximum Gasteiger partial charge on any atom is 0.250 e. The van der Waals surface area contributed by atoms with Gasteiger partial charge in [0.25, 0.3) is 6.43 Å². The molecule has 12 heavy (non-hydrogen) atoms. The smallest absolute Gasteiger partial charge is 0.250 e. The molecule has 0 aromatic carbocycles. The maximum atomic E-state index is 11.7. The highest BCUT2D eigenvalue weighted by Gasteiger charge is 2.31. The fourth-order valence-corrected chi connectivity index (χ4v) is 1.43. The molecule has 0 heterocycles. The molecule has 0 aromatic rings. The van der Waals surface area contributed by atoms with Crippen molar-refractivity contribution >= 4 is 0 Å². The summed E-state index contributed by atoms with van der Waals surface area (Å²) < 4.78 is 23.3. The molecule has 1 rings (SSSR count). The molecular weight excluding hydrogens is 162 g/mol. The van der Waals surface area contributed by atoms with Crippen molar-refractivity contribution in [1.29, 1.82) is 0 Å². The van der Waals surface area contributed by atoms with E-state index in [0.717, 1.165) is 19.3 Å². The number of alkyl halides is 2. The quantitative estimate of drug-likeness (QED) is 0.619. The van der Waals surface area contributed by atoms with Crippen LogP contribution in [-0.4, -0.2) is 25.1 Å². The highest BCUT2D eigenvalue weighted by molar-refractivity contribution is 4.92. The maximum absolute atomic E-state index is 11.7. The van der Waals surface area contributed by atoms with Crippen LogP contribution in [0.5, 0.6) is 0 Å². The Morgan fingerprint density at radius 2 is 2.08 bits per heavy atom. The van der Waals surface area contributed by atoms with Gasteiger partial charge in [0.05, 0.1) is 6.54 Å². The Morgan fingerprint density at radius 1 is 1.42 bits per heavy atom. The molecule has 2 nitrogen and oxygen atoms in total. The molecule has 0 bridgehead atoms. The lowest BCUT2D eigenvalue weighted by Crippen LogP contribution is -2.48. The van der Waals surface area contributed by atoms with Gasteiger partial charge in [0.2, 0.25) is 0 Å². The number of nitrogens with one attached hydrogen (secondary N) is 1. The van der Waals surface area contributed by atoms with E-state index in [1.54, 1.807) is 0 Å². The molecule has 0 amide bonds. The minimum atomic E-state index is -2.25. The minimum absolute atomic E-state index is 0.0465. The van der Waals surface area contributed by atoms with E-state index in [2.05, 4.69) is 5.32 Å². The lowest BCUT2D eigenvalue weighted by molar-refractivity contribution is 0.142. The van der Waals surface area contributed by atoms with Gasteiger partial charge in [-0.15, -0.1) is 0 Å². The van der Waals surface area contributed by atoms with Gasteiger partial charge in [0.1, 0.15) is 0 Å². The fourth-order valence-electron chi connectivity index (χ4n) is 1.43. The van der Waals surface area contributed by atoms with Gasteiger partial charge < -0.3 is 11.1 Å². The van der Waals surface area contributed by atoms with Gasteiger partial charge in [-0.2, -0.15) is 0 Å². The van der Waals surface area contributed by atoms with Gasteiger partial charge in [0, 0.05) is 5.54 Å². The first-order valence-corrected chi connectivity index (χ1v) is 4.40. The molecule has 0 spiro atoms. The van der Waals surface area contributed by atoms with Crippen molar-refractivity contribution in [3.8, 4) is 0 Å². The van der Waals surface area contributed by atoms with Crippen LogP contribution in [0.4, 0.5) is 8.78 Å². The Balaban J connectivity index is 1.95. The van der Waals surface area contributed by atoms with Crippen LogP contribution in [0.1, 0.15) is 25.7 Å². The Morgan fingerprint density at radius 3 is 2.50 bits per heavy atom. The van der Waals surface area contributed by atoms with Crippen LogP contribution < -0.4 is 11.1 Å². The average Bonchev–Trinajstić information content (AvgIpc) is 1.94. The molecule has 0 saturated heterocycles. The third-order valence-electron chi connectivity index (χ3n) is 2.45. The second kappa shape index (κ2) is 4.14. The van der Waals surface area contributed by atoms with Gasteiger partial charge >= 0.3 is 0 Å². The van der Waals surface area contributed by atoms with Gasteiger partial charge in [-0.1, -0.05) is 0 Å². The summed E-state index contributed by atoms with van der Waals surface area (Å²) in [4.78, 5) is 0. The summed E-state index contributed by atoms with van der Waals surface area (Å²) in [6.07, 6.45) is 1.85. The van der Waals surface area contributed by atoms with Crippen LogP contribution >= 0.6 is 0 Å². The van der Waals surface area contributed by atoms with Gasteiger partial charge in [-0.05, 0) is 32.2 Å². The lowest BCUT2D eigenvalue weighted by atomic mass is 9.75. The van der Waals surface area contributed by atoms with Gasteiger partial charge in [-0.25, -0.2) is 8.78 Å². The first-order valence-electron chi connectivity index (χ1n) is 4.40. The molecule has 3 N–H and O–H groups in total. The van der Waals surface area contributed by atoms with E-state index in [9.17, 15) is 8.78 Å². The van der Waals surface area contributed by atoms with E-state index in [1.807, 2.05) is 0 Å². The summed E-state index contributed by atoms with van der Waals surface area (Å²) in [5.41, 5.74) is 5.85. The summed E-state index contributed by atoms with van der Waals surface area (Å²) >= 11 is 0. The average molecular weight is 178 g/mol. The molecule has 1 aliphatic carbocycles. The van der Waals surface area contributed by atoms with Crippen molar-refractivity contribution < 1.29 is 8.78 Å². The van der Waals surface area contributed by atoms with E-state index in [-0.39, 0.29) is 12.1 Å². The molecule has 4 heteroatoms. The highest BCUT2D eigenvalue weighted by Crippen LogP contribution is 2.31. The van der Waals surface area contributed by atoms with E-state index < -0.39 is 6.43 Å². The van der Waals surface area contributed by atoms with Crippen molar-refractivity contribution in [2.45, 2.75) is 37.6 Å². The zero-order chi connectivity index (χ0) is 9.03. The van der Waals surface area contributed by atoms with E-state index in [1.165, 1.54) is 6.42 Å². The first kappa shape index (κ1) is 9.86. The van der Waals surface area contributed by atoms with Gasteiger partial charge in [0.15, 0.2) is 0 Å². The van der Waals surface area contributed by atoms with Gasteiger partial charge in [-0.3, -0.25) is 0 Å². The molecule has 1 fully saturated rings. The largest absolute Gasteiger partial charge is 0.325 e. The predicted molar refractivity (Wildman–Crippen MR) is 44.3 cm³/mol. The zero-order valence-corrected chi connectivity index (χ0v) is 7.15. The van der Waals surface area contributed by atoms with Crippen LogP contribution in [0, 0.1) is 0 Å². The number of hydrogen-bond acceptors (Lipinski definition) is 2. The van der Waals surface area contributed by atoms with Crippen molar-refractivity contribution in [3.05, 3.63) is 0 Å². The van der Waals surface area contributed by atoms with Crippen LogP contribution in [0.2, 0.25) is 0 Å². The van der Waals surface area contributed by atoms with Crippen molar-refractivity contribution in [2.24, 2.45) is 5.73 Å². The molecule has 0 aliphatic heterocycles. The Labute approximate surface area is 71.5 Å². The summed E-state index contributed by atoms with van der Waals surface area (Å²) in [5, 5.41) is 2.68. The number of rotatable bonds is 5. The van der Waals surface area contributed by atoms with Crippen molar-refractivity contribution in [2.75, 3.05) is 13.1 Å². The summed E-state index contributed by atoms with van der Waals surface area (Å²) in [7, 11) is 0. The highest BCUT2D eigenvalue weighted by atomic mass is 19.3. The molecular formula is C8H16F2N2. The zero-order valence-electron chi connectivity index (χ0n) is 7.15. The summed E-state index contributed by atoms with van der Waals surface area (Å²) in [6, 6.07) is 0. The molecule has 0 aromatic heterocycles. The molecule has 1 saturated carbocycles. The van der Waals surface area contributed by atoms with E-state index in [4.69, 9.17) is 5.73 Å². The van der Waals surface area contributed by atoms with Crippen molar-refractivity contribution in [1.82, 2.24) is 5.32 Å². The van der Waals surface area contributed by atoms with E-state index >= 15 is 0 Å². The fraction of sp³-hybridized carbons (Fsp3) is 1.00. The first-order chi connectivity index (χ1) is 5.62. The second-order valence-electron chi connectivity index (χ2n) is 3.56. The number of nitrogens with two attached hydrogens (primary N) is 1. The predicted octanol–water partition coefficient (Wildman–Crippen LogP) is 1.11. The standard InChI is InChI=1S/C8H16F2N2/c9-7(10)6-12-5-4-8(11)2-1-3-8/h7,12H,1-6,11H2. The minimum Gasteiger partial charge on any atom is -0.325 e. The topological polar surface area (TPSA) is 38.0 Å². The monoisotopic (exact) mass is 178 g/mol. The Hall–Kier alpha value is -0.220. The molecule has 1 aliphatic rings. The third-order valence-corrected chi connectivity index (χ3v) is 2.45. The molecule has 0 atom stereocenters. The van der Waals surface area contributed by atoms with Crippen LogP contribution in [0.3, 0.4) is 0 Å². The number of halogens is 2. The molecule has 0 radical (unpaired) electrons. The third kappa shape index (κ3) is 3.03. The summed E-state index contributed by atoms with van der Waals surface area (Å²) in [6.45, 7) is 0.400. The van der Waals surface area contributed by atoms with Crippen molar-refractivity contribution in [3.63, 3.8) is 0 Å². The van der Waals surface area contributed by atoms with E-state index in [0.29, 0.717) is 6.54 Å². The molecule has 0 unspecified atom stereocenters. The second-order valence-corrected chi connectivity index (χ2v) is 3.56.